The van der Waals surface area contributed by atoms with E-state index < -0.39 is 23.1 Å². The summed E-state index contributed by atoms with van der Waals surface area (Å²) in [6.45, 7) is 3.14. The van der Waals surface area contributed by atoms with Crippen molar-refractivity contribution in [1.82, 2.24) is 9.21 Å². The van der Waals surface area contributed by atoms with Crippen LogP contribution in [0.4, 0.5) is 4.39 Å². The molecule has 7 nitrogen and oxygen atoms in total. The average Bonchev–Trinajstić information content (AvgIpc) is 2.81. The minimum Gasteiger partial charge on any atom is -0.465 e. The Morgan fingerprint density at radius 3 is 2.56 bits per heavy atom. The summed E-state index contributed by atoms with van der Waals surface area (Å²) < 4.78 is 47.1. The van der Waals surface area contributed by atoms with Crippen LogP contribution < -0.4 is 0 Å². The van der Waals surface area contributed by atoms with E-state index in [1.165, 1.54) is 17.5 Å². The van der Waals surface area contributed by atoms with Gasteiger partial charge in [0, 0.05) is 32.2 Å². The van der Waals surface area contributed by atoms with Crippen molar-refractivity contribution in [3.63, 3.8) is 0 Å². The van der Waals surface area contributed by atoms with Gasteiger partial charge in [-0.05, 0) is 41.8 Å². The highest BCUT2D eigenvalue weighted by Crippen LogP contribution is 2.29. The zero-order valence-corrected chi connectivity index (χ0v) is 19.3. The van der Waals surface area contributed by atoms with Gasteiger partial charge < -0.3 is 9.47 Å². The maximum Gasteiger partial charge on any atom is 0.337 e. The lowest BCUT2D eigenvalue weighted by atomic mass is 10.0. The fourth-order valence-electron chi connectivity index (χ4n) is 3.72. The summed E-state index contributed by atoms with van der Waals surface area (Å²) in [4.78, 5) is 13.8. The minimum atomic E-state index is -2.19. The van der Waals surface area contributed by atoms with Gasteiger partial charge in [-0.2, -0.15) is 4.31 Å². The van der Waals surface area contributed by atoms with Crippen molar-refractivity contribution in [1.29, 1.82) is 0 Å². The number of carbonyl (C=O) groups excluding carboxylic acids is 1. The number of rotatable bonds is 9. The third-order valence-electron chi connectivity index (χ3n) is 5.42. The number of benzene rings is 2. The molecule has 1 aliphatic rings. The molecule has 0 aromatic heterocycles. The fourth-order valence-corrected chi connectivity index (χ4v) is 4.43. The molecule has 0 spiro atoms. The monoisotopic (exact) mass is 484 g/mol. The lowest BCUT2D eigenvalue weighted by Gasteiger charge is -2.35. The number of nitrogens with zero attached hydrogens (tertiary/aromatic N) is 2. The molecule has 0 amide bonds. The maximum atomic E-state index is 13.7. The van der Waals surface area contributed by atoms with Gasteiger partial charge in [0.1, 0.15) is 5.82 Å². The molecule has 174 valence electrons. The maximum absolute atomic E-state index is 13.7. The molecule has 2 aromatic rings. The van der Waals surface area contributed by atoms with E-state index in [0.29, 0.717) is 44.8 Å². The van der Waals surface area contributed by atoms with E-state index in [4.69, 9.17) is 21.1 Å². The molecule has 2 atom stereocenters. The first-order valence-electron chi connectivity index (χ1n) is 10.2. The number of morpholine rings is 1. The Morgan fingerprint density at radius 1 is 1.28 bits per heavy atom. The molecule has 0 aliphatic carbocycles. The van der Waals surface area contributed by atoms with Crippen LogP contribution >= 0.6 is 11.6 Å². The predicted molar refractivity (Wildman–Crippen MR) is 120 cm³/mol. The summed E-state index contributed by atoms with van der Waals surface area (Å²) >= 11 is 3.82. The Morgan fingerprint density at radius 2 is 1.97 bits per heavy atom. The first-order chi connectivity index (χ1) is 15.4. The molecule has 0 bridgehead atoms. The Balaban J connectivity index is 1.73. The van der Waals surface area contributed by atoms with Gasteiger partial charge in [-0.1, -0.05) is 29.8 Å². The molecule has 32 heavy (non-hydrogen) atoms. The zero-order chi connectivity index (χ0) is 23.1. The van der Waals surface area contributed by atoms with Crippen LogP contribution in [-0.4, -0.2) is 63.9 Å². The molecule has 1 saturated heterocycles. The van der Waals surface area contributed by atoms with Crippen molar-refractivity contribution in [3.05, 3.63) is 70.0 Å². The van der Waals surface area contributed by atoms with E-state index in [-0.39, 0.29) is 17.6 Å². The van der Waals surface area contributed by atoms with E-state index in [1.54, 1.807) is 36.4 Å². The summed E-state index contributed by atoms with van der Waals surface area (Å²) in [6, 6.07) is 11.3. The minimum absolute atomic E-state index is 0.0500. The summed E-state index contributed by atoms with van der Waals surface area (Å²) in [7, 11) is 1.31. The Hall–Kier alpha value is -1.88. The highest BCUT2D eigenvalue weighted by atomic mass is 35.5. The largest absolute Gasteiger partial charge is 0.465 e. The van der Waals surface area contributed by atoms with Crippen LogP contribution in [0.3, 0.4) is 0 Å². The van der Waals surface area contributed by atoms with E-state index >= 15 is 0 Å². The molecule has 1 heterocycles. The van der Waals surface area contributed by atoms with Gasteiger partial charge in [-0.15, -0.1) is 0 Å². The van der Waals surface area contributed by atoms with Crippen LogP contribution in [0.15, 0.2) is 42.5 Å². The van der Waals surface area contributed by atoms with Crippen LogP contribution in [0.25, 0.3) is 0 Å². The van der Waals surface area contributed by atoms with Crippen LogP contribution in [0, 0.1) is 5.82 Å². The topological polar surface area (TPSA) is 79.3 Å². The van der Waals surface area contributed by atoms with Crippen LogP contribution in [0.2, 0.25) is 5.02 Å². The number of halogens is 2. The smallest absolute Gasteiger partial charge is 0.337 e. The molecular formula is C22H26ClFN2O5S. The van der Waals surface area contributed by atoms with E-state index in [2.05, 4.69) is 4.90 Å². The second kappa shape index (κ2) is 11.8. The molecule has 3 rings (SSSR count). The lowest BCUT2D eigenvalue weighted by molar-refractivity contribution is 0.0132. The third-order valence-corrected chi connectivity index (χ3v) is 6.46. The molecule has 0 radical (unpaired) electrons. The zero-order valence-electron chi connectivity index (χ0n) is 17.7. The van der Waals surface area contributed by atoms with Crippen molar-refractivity contribution in [3.8, 4) is 0 Å². The van der Waals surface area contributed by atoms with Crippen molar-refractivity contribution in [2.24, 2.45) is 0 Å². The van der Waals surface area contributed by atoms with Crippen LogP contribution in [0.1, 0.15) is 33.9 Å². The summed E-state index contributed by atoms with van der Waals surface area (Å²) in [5.41, 5.74) is 2.05. The van der Waals surface area contributed by atoms with Gasteiger partial charge in [0.05, 0.1) is 30.9 Å². The Labute approximate surface area is 194 Å². The third kappa shape index (κ3) is 6.57. The van der Waals surface area contributed by atoms with Gasteiger partial charge in [0.15, 0.2) is 0 Å². The number of carbonyl (C=O) groups is 1. The Bertz CT molecular complexity index is 940. The van der Waals surface area contributed by atoms with Gasteiger partial charge >= 0.3 is 5.97 Å². The molecule has 2 aromatic carbocycles. The van der Waals surface area contributed by atoms with Crippen LogP contribution in [0.5, 0.6) is 0 Å². The second-order valence-corrected chi connectivity index (χ2v) is 8.79. The van der Waals surface area contributed by atoms with Crippen molar-refractivity contribution < 1.29 is 27.4 Å². The number of ether oxygens (including phenoxy) is 2. The van der Waals surface area contributed by atoms with Crippen molar-refractivity contribution >= 4 is 28.8 Å². The van der Waals surface area contributed by atoms with Gasteiger partial charge in [-0.3, -0.25) is 9.45 Å². The highest BCUT2D eigenvalue weighted by Gasteiger charge is 2.25. The number of hydrogen-bond acceptors (Lipinski definition) is 5. The molecule has 10 heteroatoms. The highest BCUT2D eigenvalue weighted by molar-refractivity contribution is 7.76. The average molecular weight is 485 g/mol. The fraction of sp³-hybridized carbons (Fsp3) is 0.409. The summed E-state index contributed by atoms with van der Waals surface area (Å²) in [6.07, 6.45) is 0.536. The number of esters is 1. The van der Waals surface area contributed by atoms with Gasteiger partial charge in [0.2, 0.25) is 11.3 Å². The standard InChI is InChI=1S/C22H26ClFN2O5S/c1-30-22(27)17-4-2-16(3-5-17)15-26(32(28)29)9-8-21(25-10-12-31-13-11-25)18-6-7-20(24)19(23)14-18/h2-7,14,21H,8-13,15H2,1H3,(H,28,29). The molecule has 1 aliphatic heterocycles. The van der Waals surface area contributed by atoms with Crippen molar-refractivity contribution in [2.45, 2.75) is 19.0 Å². The molecule has 2 unspecified atom stereocenters. The summed E-state index contributed by atoms with van der Waals surface area (Å²) in [5, 5.41) is 0.0500. The van der Waals surface area contributed by atoms with Gasteiger partial charge in [-0.25, -0.2) is 13.4 Å². The summed E-state index contributed by atoms with van der Waals surface area (Å²) in [5.74, 6) is -0.921. The van der Waals surface area contributed by atoms with Crippen molar-refractivity contribution in [2.75, 3.05) is 40.0 Å². The number of hydrogen-bond donors (Lipinski definition) is 1. The normalized spacial score (nSPS) is 16.7. The second-order valence-electron chi connectivity index (χ2n) is 7.41. The lowest BCUT2D eigenvalue weighted by Crippen LogP contribution is -2.40. The number of methoxy groups -OCH3 is 1. The first-order valence-corrected chi connectivity index (χ1v) is 11.6. The molecular weight excluding hydrogens is 459 g/mol. The Kier molecular flexibility index (Phi) is 9.15. The van der Waals surface area contributed by atoms with E-state index in [0.717, 1.165) is 11.1 Å². The van der Waals surface area contributed by atoms with E-state index in [1.807, 2.05) is 0 Å². The predicted octanol–water partition coefficient (Wildman–Crippen LogP) is 3.67. The molecule has 0 saturated carbocycles. The van der Waals surface area contributed by atoms with E-state index in [9.17, 15) is 17.9 Å². The van der Waals surface area contributed by atoms with Crippen LogP contribution in [-0.2, 0) is 27.3 Å². The van der Waals surface area contributed by atoms with Gasteiger partial charge in [0.25, 0.3) is 0 Å². The molecule has 1 fully saturated rings. The quantitative estimate of drug-likeness (QED) is 0.432. The molecule has 1 N–H and O–H groups in total. The first kappa shape index (κ1) is 24.8. The SMILES string of the molecule is COC(=O)c1ccc(CN(CCC(c2ccc(F)c(Cl)c2)N2CCOCC2)S(=O)O)cc1.